The van der Waals surface area contributed by atoms with Crippen LogP contribution in [0.2, 0.25) is 0 Å². The van der Waals surface area contributed by atoms with Gasteiger partial charge in [-0.15, -0.1) is 0 Å². The molecule has 136 valence electrons. The van der Waals surface area contributed by atoms with Crippen molar-refractivity contribution in [1.29, 1.82) is 0 Å². The molecule has 0 saturated heterocycles. The highest BCUT2D eigenvalue weighted by Crippen LogP contribution is 2.63. The van der Waals surface area contributed by atoms with Crippen LogP contribution in [0.1, 0.15) is 46.5 Å². The van der Waals surface area contributed by atoms with E-state index in [1.54, 1.807) is 6.08 Å². The lowest BCUT2D eigenvalue weighted by molar-refractivity contribution is -0.147. The van der Waals surface area contributed by atoms with Gasteiger partial charge in [-0.25, -0.2) is 0 Å². The number of nitrogens with two attached hydrogens (primary N) is 1. The number of fused-ring (bicyclic) bond motifs is 5. The normalized spacial score (nSPS) is 50.8. The molecule has 4 rings (SSSR count). The topological polar surface area (TPSA) is 69.4 Å². The first-order valence-corrected chi connectivity index (χ1v) is 9.59. The molecule has 4 nitrogen and oxygen atoms in total. The zero-order valence-electron chi connectivity index (χ0n) is 15.4. The van der Waals surface area contributed by atoms with Gasteiger partial charge in [0.1, 0.15) is 6.10 Å². The van der Waals surface area contributed by atoms with E-state index in [0.29, 0.717) is 30.1 Å². The molecule has 1 unspecified atom stereocenters. The number of ketones is 1. The summed E-state index contributed by atoms with van der Waals surface area (Å²) in [5, 5.41) is 0. The Morgan fingerprint density at radius 1 is 1.28 bits per heavy atom. The average Bonchev–Trinajstić information content (AvgIpc) is 2.79. The monoisotopic (exact) mass is 343 g/mol. The largest absolute Gasteiger partial charge is 0.461 e. The van der Waals surface area contributed by atoms with Gasteiger partial charge in [-0.3, -0.25) is 9.59 Å². The van der Waals surface area contributed by atoms with E-state index in [2.05, 4.69) is 32.1 Å². The highest BCUT2D eigenvalue weighted by atomic mass is 16.5. The summed E-state index contributed by atoms with van der Waals surface area (Å²) in [5.41, 5.74) is 6.63. The maximum Gasteiger partial charge on any atom is 0.302 e. The average molecular weight is 343 g/mol. The number of hydrogen-bond donors (Lipinski definition) is 1. The maximum atomic E-state index is 11.9. The van der Waals surface area contributed by atoms with Crippen molar-refractivity contribution in [3.8, 4) is 0 Å². The van der Waals surface area contributed by atoms with E-state index in [-0.39, 0.29) is 34.7 Å². The first-order chi connectivity index (χ1) is 11.8. The molecule has 4 heteroatoms. The maximum absolute atomic E-state index is 11.9. The lowest BCUT2D eigenvalue weighted by atomic mass is 9.48. The Labute approximate surface area is 149 Å². The minimum Gasteiger partial charge on any atom is -0.461 e. The Balaban J connectivity index is 1.67. The molecule has 2 fully saturated rings. The summed E-state index contributed by atoms with van der Waals surface area (Å²) in [6, 6.07) is -0.0928. The molecule has 0 amide bonds. The molecule has 0 aromatic heterocycles. The first-order valence-electron chi connectivity index (χ1n) is 9.59. The minimum atomic E-state index is -0.237. The van der Waals surface area contributed by atoms with Gasteiger partial charge in [-0.05, 0) is 59.8 Å². The summed E-state index contributed by atoms with van der Waals surface area (Å²) in [5.74, 6) is 1.74. The van der Waals surface area contributed by atoms with Crippen molar-refractivity contribution >= 4 is 11.8 Å². The molecule has 0 bridgehead atoms. The van der Waals surface area contributed by atoms with E-state index < -0.39 is 0 Å². The van der Waals surface area contributed by atoms with E-state index in [9.17, 15) is 9.59 Å². The molecule has 8 atom stereocenters. The molecule has 4 aliphatic carbocycles. The molecule has 0 spiro atoms. The van der Waals surface area contributed by atoms with Crippen molar-refractivity contribution in [2.75, 3.05) is 0 Å². The van der Waals surface area contributed by atoms with Gasteiger partial charge in [-0.1, -0.05) is 32.1 Å². The molecule has 2 saturated carbocycles. The van der Waals surface area contributed by atoms with Crippen molar-refractivity contribution in [1.82, 2.24) is 0 Å². The SMILES string of the molecule is CC(=O)O[C@@H]1C[C@H]2[C@@H]3C=CC4CC(=O)C=C[C@]4(C)[C@H]3CC[C@]2(C)[C@H]1N. The second kappa shape index (κ2) is 5.54. The fourth-order valence-corrected chi connectivity index (χ4v) is 6.39. The quantitative estimate of drug-likeness (QED) is 0.587. The highest BCUT2D eigenvalue weighted by Gasteiger charge is 2.60. The lowest BCUT2D eigenvalue weighted by Gasteiger charge is -2.56. The molecule has 0 aromatic carbocycles. The Morgan fingerprint density at radius 3 is 2.76 bits per heavy atom. The summed E-state index contributed by atoms with van der Waals surface area (Å²) in [4.78, 5) is 23.3. The van der Waals surface area contributed by atoms with Crippen molar-refractivity contribution in [3.05, 3.63) is 24.3 Å². The fourth-order valence-electron chi connectivity index (χ4n) is 6.39. The second-order valence-electron chi connectivity index (χ2n) is 9.11. The van der Waals surface area contributed by atoms with Gasteiger partial charge in [0, 0.05) is 19.4 Å². The lowest BCUT2D eigenvalue weighted by Crippen LogP contribution is -2.53. The number of allylic oxidation sites excluding steroid dienone is 4. The van der Waals surface area contributed by atoms with Crippen LogP contribution >= 0.6 is 0 Å². The van der Waals surface area contributed by atoms with Gasteiger partial charge in [0.2, 0.25) is 0 Å². The zero-order chi connectivity index (χ0) is 18.0. The van der Waals surface area contributed by atoms with Crippen LogP contribution in [0.5, 0.6) is 0 Å². The van der Waals surface area contributed by atoms with E-state index in [1.807, 2.05) is 0 Å². The molecular weight excluding hydrogens is 314 g/mol. The Kier molecular flexibility index (Phi) is 3.77. The van der Waals surface area contributed by atoms with Crippen LogP contribution in [0.3, 0.4) is 0 Å². The fraction of sp³-hybridized carbons (Fsp3) is 0.714. The Hall–Kier alpha value is -1.42. The van der Waals surface area contributed by atoms with E-state index in [1.165, 1.54) is 6.92 Å². The predicted octanol–water partition coefficient (Wildman–Crippen LogP) is 3.02. The van der Waals surface area contributed by atoms with E-state index in [0.717, 1.165) is 19.3 Å². The third kappa shape index (κ3) is 2.37. The molecule has 4 aliphatic rings. The zero-order valence-corrected chi connectivity index (χ0v) is 15.4. The molecular formula is C21H29NO3. The van der Waals surface area contributed by atoms with Crippen molar-refractivity contribution in [2.45, 2.75) is 58.6 Å². The summed E-state index contributed by atoms with van der Waals surface area (Å²) < 4.78 is 5.56. The van der Waals surface area contributed by atoms with Gasteiger partial charge in [-0.2, -0.15) is 0 Å². The van der Waals surface area contributed by atoms with Crippen LogP contribution in [-0.4, -0.2) is 23.9 Å². The van der Waals surface area contributed by atoms with Gasteiger partial charge < -0.3 is 10.5 Å². The van der Waals surface area contributed by atoms with Crippen LogP contribution in [0.25, 0.3) is 0 Å². The number of ether oxygens (including phenoxy) is 1. The molecule has 25 heavy (non-hydrogen) atoms. The third-order valence-corrected chi connectivity index (χ3v) is 7.95. The molecule has 2 N–H and O–H groups in total. The van der Waals surface area contributed by atoms with Crippen LogP contribution in [-0.2, 0) is 14.3 Å². The van der Waals surface area contributed by atoms with E-state index >= 15 is 0 Å². The smallest absolute Gasteiger partial charge is 0.302 e. The summed E-state index contributed by atoms with van der Waals surface area (Å²) in [7, 11) is 0. The Morgan fingerprint density at radius 2 is 2.04 bits per heavy atom. The summed E-state index contributed by atoms with van der Waals surface area (Å²) >= 11 is 0. The van der Waals surface area contributed by atoms with Crippen molar-refractivity contribution < 1.29 is 14.3 Å². The second-order valence-corrected chi connectivity index (χ2v) is 9.11. The van der Waals surface area contributed by atoms with E-state index in [4.69, 9.17) is 10.5 Å². The molecule has 0 heterocycles. The van der Waals surface area contributed by atoms with Crippen LogP contribution in [0.15, 0.2) is 24.3 Å². The van der Waals surface area contributed by atoms with Crippen LogP contribution < -0.4 is 5.73 Å². The van der Waals surface area contributed by atoms with Gasteiger partial charge in [0.15, 0.2) is 5.78 Å². The summed E-state index contributed by atoms with van der Waals surface area (Å²) in [6.45, 7) is 6.07. The van der Waals surface area contributed by atoms with Crippen LogP contribution in [0.4, 0.5) is 0 Å². The van der Waals surface area contributed by atoms with Crippen LogP contribution in [0, 0.1) is 34.5 Å². The highest BCUT2D eigenvalue weighted by molar-refractivity contribution is 5.91. The summed E-state index contributed by atoms with van der Waals surface area (Å²) in [6.07, 6.45) is 12.1. The third-order valence-electron chi connectivity index (χ3n) is 7.95. The number of esters is 1. The molecule has 0 radical (unpaired) electrons. The Bertz CT molecular complexity index is 668. The number of carbonyl (C=O) groups excluding carboxylic acids is 2. The van der Waals surface area contributed by atoms with Crippen molar-refractivity contribution in [2.24, 2.45) is 40.2 Å². The predicted molar refractivity (Wildman–Crippen MR) is 95.5 cm³/mol. The standard InChI is InChI=1S/C21H29NO3/c1-12(23)25-18-11-17-15-5-4-13-10-14(24)6-8-20(13,2)16(15)7-9-21(17,3)19(18)22/h4-6,8,13,15-19H,7,9-11,22H2,1-3H3/t13?,15-,16+,17+,18-,19+,20+,21+/m1/s1. The number of rotatable bonds is 1. The van der Waals surface area contributed by atoms with Gasteiger partial charge in [0.25, 0.3) is 0 Å². The number of hydrogen-bond acceptors (Lipinski definition) is 4. The van der Waals surface area contributed by atoms with Crippen molar-refractivity contribution in [3.63, 3.8) is 0 Å². The minimum absolute atomic E-state index is 0.0169. The molecule has 0 aromatic rings. The molecule has 0 aliphatic heterocycles. The van der Waals surface area contributed by atoms with Gasteiger partial charge in [0.05, 0.1) is 0 Å². The number of carbonyl (C=O) groups is 2. The van der Waals surface area contributed by atoms with Gasteiger partial charge >= 0.3 is 5.97 Å². The first kappa shape index (κ1) is 17.0.